The highest BCUT2D eigenvalue weighted by Crippen LogP contribution is 2.29. The lowest BCUT2D eigenvalue weighted by molar-refractivity contribution is 0.0656. The third-order valence-corrected chi connectivity index (χ3v) is 6.47. The maximum Gasteiger partial charge on any atom is 0.407 e. The molecule has 0 aliphatic carbocycles. The molecule has 2 N–H and O–H groups in total. The van der Waals surface area contributed by atoms with Gasteiger partial charge in [-0.25, -0.2) is 9.78 Å². The maximum atomic E-state index is 11.9. The largest absolute Gasteiger partial charge is 0.488 e. The molecule has 2 aromatic heterocycles. The van der Waals surface area contributed by atoms with Crippen molar-refractivity contribution in [2.24, 2.45) is 0 Å². The molecule has 3 heterocycles. The molecule has 8 heteroatoms. The van der Waals surface area contributed by atoms with E-state index in [9.17, 15) is 15.0 Å². The van der Waals surface area contributed by atoms with Crippen LogP contribution in [0.1, 0.15) is 35.0 Å². The molecule has 2 atom stereocenters. The zero-order valence-corrected chi connectivity index (χ0v) is 20.2. The molecule has 32 heavy (non-hydrogen) atoms. The van der Waals surface area contributed by atoms with Gasteiger partial charge in [-0.1, -0.05) is 6.07 Å². The molecule has 0 saturated heterocycles. The SMILES string of the molecule is Cc1ccc(C)n1-c1ccc([C@H](O)CN(C[C@H]2CCc3cc(I)ccc3O2)C(=O)O)cn1. The zero-order valence-electron chi connectivity index (χ0n) is 18.0. The summed E-state index contributed by atoms with van der Waals surface area (Å²) in [4.78, 5) is 17.6. The normalized spacial score (nSPS) is 16.2. The van der Waals surface area contributed by atoms with Crippen molar-refractivity contribution in [3.8, 4) is 11.6 Å². The molecular formula is C24H26IN3O4. The fourth-order valence-corrected chi connectivity index (χ4v) is 4.64. The van der Waals surface area contributed by atoms with Gasteiger partial charge in [-0.3, -0.25) is 0 Å². The van der Waals surface area contributed by atoms with Crippen LogP contribution in [0.4, 0.5) is 4.79 Å². The van der Waals surface area contributed by atoms with Crippen LogP contribution in [0, 0.1) is 17.4 Å². The number of ether oxygens (including phenoxy) is 1. The first-order chi connectivity index (χ1) is 15.3. The summed E-state index contributed by atoms with van der Waals surface area (Å²) in [5, 5.41) is 20.4. The summed E-state index contributed by atoms with van der Waals surface area (Å²) >= 11 is 2.27. The molecule has 1 amide bonds. The molecule has 7 nitrogen and oxygen atoms in total. The summed E-state index contributed by atoms with van der Waals surface area (Å²) in [5.74, 6) is 1.57. The molecule has 0 unspecified atom stereocenters. The van der Waals surface area contributed by atoms with Crippen LogP contribution >= 0.6 is 22.6 Å². The third kappa shape index (κ3) is 4.91. The van der Waals surface area contributed by atoms with E-state index in [1.807, 2.05) is 48.7 Å². The number of hydrogen-bond acceptors (Lipinski definition) is 4. The smallest absolute Gasteiger partial charge is 0.407 e. The number of rotatable bonds is 6. The number of aryl methyl sites for hydroxylation is 3. The first-order valence-corrected chi connectivity index (χ1v) is 11.6. The molecule has 3 aromatic rings. The molecule has 4 rings (SSSR count). The lowest BCUT2D eigenvalue weighted by Gasteiger charge is -2.31. The number of aliphatic hydroxyl groups is 1. The zero-order chi connectivity index (χ0) is 22.8. The van der Waals surface area contributed by atoms with Crippen molar-refractivity contribution in [3.05, 3.63) is 74.7 Å². The van der Waals surface area contributed by atoms with Crippen molar-refractivity contribution in [3.63, 3.8) is 0 Å². The van der Waals surface area contributed by atoms with Crippen LogP contribution in [0.15, 0.2) is 48.7 Å². The Hall–Kier alpha value is -2.59. The van der Waals surface area contributed by atoms with Gasteiger partial charge in [-0.15, -0.1) is 0 Å². The maximum absolute atomic E-state index is 11.9. The van der Waals surface area contributed by atoms with E-state index >= 15 is 0 Å². The lowest BCUT2D eigenvalue weighted by Crippen LogP contribution is -2.42. The molecule has 0 radical (unpaired) electrons. The number of pyridine rings is 1. The van der Waals surface area contributed by atoms with E-state index < -0.39 is 12.2 Å². The molecule has 168 valence electrons. The Labute approximate surface area is 200 Å². The van der Waals surface area contributed by atoms with Crippen molar-refractivity contribution in [2.45, 2.75) is 38.9 Å². The Balaban J connectivity index is 1.42. The van der Waals surface area contributed by atoms with Crippen molar-refractivity contribution < 1.29 is 19.7 Å². The van der Waals surface area contributed by atoms with Crippen LogP contribution in [0.2, 0.25) is 0 Å². The van der Waals surface area contributed by atoms with E-state index in [1.165, 1.54) is 4.90 Å². The van der Waals surface area contributed by atoms with Gasteiger partial charge < -0.3 is 24.4 Å². The molecular weight excluding hydrogens is 521 g/mol. The molecule has 1 aliphatic heterocycles. The second-order valence-corrected chi connectivity index (χ2v) is 9.38. The molecule has 0 saturated carbocycles. The van der Waals surface area contributed by atoms with E-state index in [2.05, 4.69) is 33.6 Å². The molecule has 1 aliphatic rings. The summed E-state index contributed by atoms with van der Waals surface area (Å²) in [7, 11) is 0. The fourth-order valence-electron chi connectivity index (χ4n) is 4.09. The number of benzene rings is 1. The minimum Gasteiger partial charge on any atom is -0.488 e. The summed E-state index contributed by atoms with van der Waals surface area (Å²) in [5.41, 5.74) is 3.87. The highest BCUT2D eigenvalue weighted by atomic mass is 127. The number of nitrogens with zero attached hydrogens (tertiary/aromatic N) is 3. The van der Waals surface area contributed by atoms with E-state index in [1.54, 1.807) is 12.3 Å². The Morgan fingerprint density at radius 1 is 1.25 bits per heavy atom. The van der Waals surface area contributed by atoms with Crippen LogP contribution in [0.5, 0.6) is 5.75 Å². The van der Waals surface area contributed by atoms with Crippen LogP contribution in [-0.2, 0) is 6.42 Å². The van der Waals surface area contributed by atoms with Gasteiger partial charge in [0.25, 0.3) is 0 Å². The topological polar surface area (TPSA) is 87.8 Å². The van der Waals surface area contributed by atoms with Crippen LogP contribution in [0.25, 0.3) is 5.82 Å². The number of aliphatic hydroxyl groups excluding tert-OH is 1. The minimum absolute atomic E-state index is 0.0443. The van der Waals surface area contributed by atoms with Gasteiger partial charge in [0.2, 0.25) is 0 Å². The summed E-state index contributed by atoms with van der Waals surface area (Å²) in [6.45, 7) is 4.17. The number of amides is 1. The number of carboxylic acid groups (broad SMARTS) is 1. The van der Waals surface area contributed by atoms with Gasteiger partial charge in [-0.05, 0) is 91.2 Å². The first kappa shape index (κ1) is 22.6. The molecule has 0 fully saturated rings. The second kappa shape index (κ2) is 9.50. The highest BCUT2D eigenvalue weighted by molar-refractivity contribution is 14.1. The van der Waals surface area contributed by atoms with Crippen molar-refractivity contribution in [2.75, 3.05) is 13.1 Å². The highest BCUT2D eigenvalue weighted by Gasteiger charge is 2.26. The second-order valence-electron chi connectivity index (χ2n) is 8.14. The Kier molecular flexibility index (Phi) is 6.71. The first-order valence-electron chi connectivity index (χ1n) is 10.5. The van der Waals surface area contributed by atoms with Crippen molar-refractivity contribution in [1.82, 2.24) is 14.5 Å². The minimum atomic E-state index is -1.08. The number of hydrogen-bond donors (Lipinski definition) is 2. The lowest BCUT2D eigenvalue weighted by atomic mass is 10.0. The Morgan fingerprint density at radius 3 is 2.66 bits per heavy atom. The van der Waals surface area contributed by atoms with Crippen LogP contribution < -0.4 is 4.74 Å². The molecule has 0 spiro atoms. The van der Waals surface area contributed by atoms with Crippen molar-refractivity contribution >= 4 is 28.7 Å². The fraction of sp³-hybridized carbons (Fsp3) is 0.333. The molecule has 1 aromatic carbocycles. The monoisotopic (exact) mass is 547 g/mol. The van der Waals surface area contributed by atoms with E-state index in [0.29, 0.717) is 5.56 Å². The van der Waals surface area contributed by atoms with E-state index in [4.69, 9.17) is 4.74 Å². The Bertz CT molecular complexity index is 1090. The van der Waals surface area contributed by atoms with Crippen molar-refractivity contribution in [1.29, 1.82) is 0 Å². The number of halogens is 1. The average Bonchev–Trinajstić information content (AvgIpc) is 3.11. The average molecular weight is 547 g/mol. The predicted molar refractivity (Wildman–Crippen MR) is 129 cm³/mol. The molecule has 0 bridgehead atoms. The quantitative estimate of drug-likeness (QED) is 0.444. The van der Waals surface area contributed by atoms with Gasteiger partial charge in [-0.2, -0.15) is 0 Å². The summed E-state index contributed by atoms with van der Waals surface area (Å²) in [6.07, 6.45) is 0.885. The van der Waals surface area contributed by atoms with Gasteiger partial charge in [0.15, 0.2) is 0 Å². The van der Waals surface area contributed by atoms with Crippen LogP contribution in [-0.4, -0.2) is 50.0 Å². The van der Waals surface area contributed by atoms with Crippen LogP contribution in [0.3, 0.4) is 0 Å². The van der Waals surface area contributed by atoms with Gasteiger partial charge in [0, 0.05) is 26.7 Å². The van der Waals surface area contributed by atoms with Gasteiger partial charge in [0.1, 0.15) is 17.7 Å². The Morgan fingerprint density at radius 2 is 2.00 bits per heavy atom. The number of carbonyl (C=O) groups is 1. The standard InChI is InChI=1S/C24H26IN3O4/c1-15-3-4-16(2)28(15)23-10-6-18(12-26-23)21(29)14-27(24(30)31)13-20-8-5-17-11-19(25)7-9-22(17)32-20/h3-4,6-7,9-12,20-21,29H,5,8,13-14H2,1-2H3,(H,30,31)/t20-,21-/m1/s1. The number of fused-ring (bicyclic) bond motifs is 1. The number of aromatic nitrogens is 2. The van der Waals surface area contributed by atoms with Gasteiger partial charge >= 0.3 is 6.09 Å². The third-order valence-electron chi connectivity index (χ3n) is 5.80. The van der Waals surface area contributed by atoms with E-state index in [-0.39, 0.29) is 19.2 Å². The summed E-state index contributed by atoms with van der Waals surface area (Å²) in [6, 6.07) is 13.7. The van der Waals surface area contributed by atoms with Gasteiger partial charge in [0.05, 0.1) is 19.2 Å². The summed E-state index contributed by atoms with van der Waals surface area (Å²) < 4.78 is 9.21. The van der Waals surface area contributed by atoms with E-state index in [0.717, 1.165) is 44.9 Å². The predicted octanol–water partition coefficient (Wildman–Crippen LogP) is 4.50.